The number of aromatic nitrogens is 2. The molecule has 0 aromatic carbocycles. The number of amides is 1. The zero-order valence-corrected chi connectivity index (χ0v) is 9.73. The summed E-state index contributed by atoms with van der Waals surface area (Å²) in [6.45, 7) is 1.49. The fourth-order valence-electron chi connectivity index (χ4n) is 1.42. The number of carbonyl (C=O) groups excluding carboxylic acids is 1. The lowest BCUT2D eigenvalue weighted by molar-refractivity contribution is -0.137. The van der Waals surface area contributed by atoms with Crippen molar-refractivity contribution in [3.05, 3.63) is 32.6 Å². The molecule has 98 valence electrons. The Kier molecular flexibility index (Phi) is 4.41. The lowest BCUT2D eigenvalue weighted by Crippen LogP contribution is -2.40. The molecule has 0 aliphatic rings. The first-order chi connectivity index (χ1) is 8.45. The highest BCUT2D eigenvalue weighted by Crippen LogP contribution is 1.99. The third-order valence-corrected chi connectivity index (χ3v) is 2.16. The van der Waals surface area contributed by atoms with Crippen molar-refractivity contribution < 1.29 is 14.7 Å². The maximum absolute atomic E-state index is 11.9. The second-order valence-electron chi connectivity index (χ2n) is 3.61. The van der Waals surface area contributed by atoms with Crippen molar-refractivity contribution in [2.75, 3.05) is 13.1 Å². The van der Waals surface area contributed by atoms with Crippen LogP contribution in [0.15, 0.2) is 15.8 Å². The molecule has 18 heavy (non-hydrogen) atoms. The Morgan fingerprint density at radius 3 is 2.56 bits per heavy atom. The molecule has 0 spiro atoms. The molecule has 8 heteroatoms. The van der Waals surface area contributed by atoms with Gasteiger partial charge in [0.15, 0.2) is 0 Å². The van der Waals surface area contributed by atoms with Crippen molar-refractivity contribution in [2.45, 2.75) is 13.3 Å². The van der Waals surface area contributed by atoms with Crippen LogP contribution in [0, 0.1) is 0 Å². The van der Waals surface area contributed by atoms with Gasteiger partial charge in [-0.2, -0.15) is 0 Å². The fourth-order valence-corrected chi connectivity index (χ4v) is 1.42. The van der Waals surface area contributed by atoms with Gasteiger partial charge in [-0.15, -0.1) is 0 Å². The number of nitrogens with one attached hydrogen (secondary N) is 2. The highest BCUT2D eigenvalue weighted by atomic mass is 16.4. The first-order valence-electron chi connectivity index (χ1n) is 5.28. The first-order valence-corrected chi connectivity index (χ1v) is 5.28. The van der Waals surface area contributed by atoms with Gasteiger partial charge in [0.1, 0.15) is 12.1 Å². The topological polar surface area (TPSA) is 123 Å². The summed E-state index contributed by atoms with van der Waals surface area (Å²) in [5, 5.41) is 8.68. The summed E-state index contributed by atoms with van der Waals surface area (Å²) in [7, 11) is 0. The van der Waals surface area contributed by atoms with Crippen LogP contribution in [-0.4, -0.2) is 44.9 Å². The molecule has 0 aliphatic carbocycles. The summed E-state index contributed by atoms with van der Waals surface area (Å²) in [6, 6.07) is 0. The molecule has 0 saturated carbocycles. The van der Waals surface area contributed by atoms with Gasteiger partial charge in [-0.25, -0.2) is 4.79 Å². The standard InChI is InChI=1S/C10H13N3O5/c1-2-3-13(5-7(14)15)9(17)6-4-11-10(18)12-8(6)16/h4H,2-3,5H2,1H3,(H,14,15)(H2,11,12,16,18). The van der Waals surface area contributed by atoms with Crippen molar-refractivity contribution in [2.24, 2.45) is 0 Å². The van der Waals surface area contributed by atoms with Crippen molar-refractivity contribution in [3.63, 3.8) is 0 Å². The zero-order chi connectivity index (χ0) is 13.7. The van der Waals surface area contributed by atoms with E-state index >= 15 is 0 Å². The summed E-state index contributed by atoms with van der Waals surface area (Å²) in [6.07, 6.45) is 1.54. The van der Waals surface area contributed by atoms with Gasteiger partial charge < -0.3 is 15.0 Å². The van der Waals surface area contributed by atoms with Crippen LogP contribution >= 0.6 is 0 Å². The summed E-state index contributed by atoms with van der Waals surface area (Å²) in [4.78, 5) is 49.9. The third kappa shape index (κ3) is 3.30. The largest absolute Gasteiger partial charge is 0.480 e. The number of rotatable bonds is 5. The van der Waals surface area contributed by atoms with Crippen molar-refractivity contribution in [3.8, 4) is 0 Å². The third-order valence-electron chi connectivity index (χ3n) is 2.16. The van der Waals surface area contributed by atoms with E-state index in [4.69, 9.17) is 5.11 Å². The van der Waals surface area contributed by atoms with Crippen LogP contribution in [0.3, 0.4) is 0 Å². The Hall–Kier alpha value is -2.38. The Morgan fingerprint density at radius 1 is 1.39 bits per heavy atom. The van der Waals surface area contributed by atoms with Gasteiger partial charge >= 0.3 is 11.7 Å². The molecule has 0 bridgehead atoms. The SMILES string of the molecule is CCCN(CC(=O)O)C(=O)c1c[nH]c(=O)[nH]c1=O. The van der Waals surface area contributed by atoms with Crippen LogP contribution in [0.5, 0.6) is 0 Å². The Morgan fingerprint density at radius 2 is 2.06 bits per heavy atom. The molecule has 0 saturated heterocycles. The predicted octanol–water partition coefficient (Wildman–Crippen LogP) is -1.000. The van der Waals surface area contributed by atoms with E-state index in [1.165, 1.54) is 0 Å². The molecular weight excluding hydrogens is 242 g/mol. The second-order valence-corrected chi connectivity index (χ2v) is 3.61. The molecule has 1 rings (SSSR count). The lowest BCUT2D eigenvalue weighted by atomic mass is 10.2. The molecule has 3 N–H and O–H groups in total. The van der Waals surface area contributed by atoms with E-state index in [2.05, 4.69) is 4.98 Å². The monoisotopic (exact) mass is 255 g/mol. The minimum absolute atomic E-state index is 0.212. The van der Waals surface area contributed by atoms with E-state index in [1.54, 1.807) is 6.92 Å². The molecule has 0 radical (unpaired) electrons. The van der Waals surface area contributed by atoms with Crippen molar-refractivity contribution >= 4 is 11.9 Å². The van der Waals surface area contributed by atoms with Crippen molar-refractivity contribution in [1.82, 2.24) is 14.9 Å². The van der Waals surface area contributed by atoms with Gasteiger partial charge in [-0.05, 0) is 6.42 Å². The quantitative estimate of drug-likeness (QED) is 0.622. The highest BCUT2D eigenvalue weighted by Gasteiger charge is 2.20. The molecule has 8 nitrogen and oxygen atoms in total. The van der Waals surface area contributed by atoms with Crippen LogP contribution in [0.25, 0.3) is 0 Å². The van der Waals surface area contributed by atoms with Crippen LogP contribution in [-0.2, 0) is 4.79 Å². The van der Waals surface area contributed by atoms with Crippen LogP contribution in [0.4, 0.5) is 0 Å². The number of hydrogen-bond acceptors (Lipinski definition) is 4. The number of carboxylic acid groups (broad SMARTS) is 1. The molecular formula is C10H13N3O5. The number of H-pyrrole nitrogens is 2. The normalized spacial score (nSPS) is 10.1. The number of carbonyl (C=O) groups is 2. The van der Waals surface area contributed by atoms with Gasteiger partial charge in [0.2, 0.25) is 0 Å². The van der Waals surface area contributed by atoms with E-state index < -0.39 is 29.7 Å². The average Bonchev–Trinajstić information content (AvgIpc) is 2.27. The molecule has 1 aromatic rings. The fraction of sp³-hybridized carbons (Fsp3) is 0.400. The van der Waals surface area contributed by atoms with Gasteiger partial charge in [-0.1, -0.05) is 6.92 Å². The number of carboxylic acids is 1. The first kappa shape index (κ1) is 13.7. The summed E-state index contributed by atoms with van der Waals surface area (Å²) >= 11 is 0. The number of aromatic amines is 2. The maximum Gasteiger partial charge on any atom is 0.325 e. The molecule has 1 amide bonds. The minimum atomic E-state index is -1.17. The van der Waals surface area contributed by atoms with E-state index in [1.807, 2.05) is 4.98 Å². The van der Waals surface area contributed by atoms with Crippen LogP contribution in [0.2, 0.25) is 0 Å². The van der Waals surface area contributed by atoms with Gasteiger partial charge in [0, 0.05) is 12.7 Å². The van der Waals surface area contributed by atoms with E-state index in [0.717, 1.165) is 11.1 Å². The average molecular weight is 255 g/mol. The Labute approximate surface area is 101 Å². The van der Waals surface area contributed by atoms with Crippen LogP contribution < -0.4 is 11.2 Å². The number of aliphatic carboxylic acids is 1. The minimum Gasteiger partial charge on any atom is -0.480 e. The summed E-state index contributed by atoms with van der Waals surface area (Å²) < 4.78 is 0. The second kappa shape index (κ2) is 5.80. The molecule has 0 unspecified atom stereocenters. The Balaban J connectivity index is 3.05. The summed E-state index contributed by atoms with van der Waals surface area (Å²) in [5.74, 6) is -1.89. The van der Waals surface area contributed by atoms with E-state index in [-0.39, 0.29) is 12.1 Å². The van der Waals surface area contributed by atoms with Gasteiger partial charge in [0.25, 0.3) is 11.5 Å². The predicted molar refractivity (Wildman–Crippen MR) is 61.5 cm³/mol. The molecule has 1 heterocycles. The van der Waals surface area contributed by atoms with Gasteiger partial charge in [0.05, 0.1) is 0 Å². The lowest BCUT2D eigenvalue weighted by Gasteiger charge is -2.19. The smallest absolute Gasteiger partial charge is 0.325 e. The van der Waals surface area contributed by atoms with Crippen LogP contribution in [0.1, 0.15) is 23.7 Å². The van der Waals surface area contributed by atoms with Crippen molar-refractivity contribution in [1.29, 1.82) is 0 Å². The number of nitrogens with zero attached hydrogens (tertiary/aromatic N) is 1. The highest BCUT2D eigenvalue weighted by molar-refractivity contribution is 5.95. The molecule has 0 atom stereocenters. The van der Waals surface area contributed by atoms with Gasteiger partial charge in [-0.3, -0.25) is 19.4 Å². The zero-order valence-electron chi connectivity index (χ0n) is 9.73. The number of hydrogen-bond donors (Lipinski definition) is 3. The molecule has 1 aromatic heterocycles. The van der Waals surface area contributed by atoms with E-state index in [9.17, 15) is 19.2 Å². The summed E-state index contributed by atoms with van der Waals surface area (Å²) in [5.41, 5.74) is -1.85. The van der Waals surface area contributed by atoms with E-state index in [0.29, 0.717) is 6.42 Å². The Bertz CT molecular complexity index is 559. The maximum atomic E-state index is 11.9. The molecule has 0 fully saturated rings. The molecule has 0 aliphatic heterocycles.